The molecule has 0 bridgehead atoms. The van der Waals surface area contributed by atoms with Gasteiger partial charge in [0.2, 0.25) is 0 Å². The van der Waals surface area contributed by atoms with E-state index < -0.39 is 11.5 Å². The van der Waals surface area contributed by atoms with Crippen LogP contribution in [0.2, 0.25) is 0 Å². The van der Waals surface area contributed by atoms with E-state index in [0.717, 1.165) is 5.56 Å². The highest BCUT2D eigenvalue weighted by Gasteiger charge is 2.26. The van der Waals surface area contributed by atoms with Gasteiger partial charge in [-0.15, -0.1) is 0 Å². The average Bonchev–Trinajstić information content (AvgIpc) is 2.63. The zero-order chi connectivity index (χ0) is 18.7. The lowest BCUT2D eigenvalue weighted by Crippen LogP contribution is -2.36. The number of aliphatic hydroxyl groups excluding tert-OH is 1. The Bertz CT molecular complexity index is 897. The van der Waals surface area contributed by atoms with E-state index in [9.17, 15) is 14.4 Å². The summed E-state index contributed by atoms with van der Waals surface area (Å²) >= 11 is 0. The van der Waals surface area contributed by atoms with Crippen molar-refractivity contribution < 1.29 is 14.7 Å². The average molecular weight is 354 g/mol. The standard InChI is InChI=1S/C20H22N2O4/c1-13-6-8-14(9-7-13)22-17-4-2-5-18(24)15(17)12-16(20(22)26)19(25)21-10-3-11-23/h6-9,12,23H,2-5,10-11H2,1H3,(H,21,25). The maximum atomic E-state index is 13.0. The first-order valence-corrected chi connectivity index (χ1v) is 8.81. The highest BCUT2D eigenvalue weighted by Crippen LogP contribution is 2.23. The minimum absolute atomic E-state index is 0.0440. The van der Waals surface area contributed by atoms with Crippen molar-refractivity contribution in [3.8, 4) is 5.69 Å². The first kappa shape index (κ1) is 18.1. The van der Waals surface area contributed by atoms with Crippen molar-refractivity contribution in [1.29, 1.82) is 0 Å². The summed E-state index contributed by atoms with van der Waals surface area (Å²) in [6.45, 7) is 2.18. The lowest BCUT2D eigenvalue weighted by atomic mass is 9.92. The van der Waals surface area contributed by atoms with E-state index >= 15 is 0 Å². The molecule has 1 heterocycles. The minimum Gasteiger partial charge on any atom is -0.396 e. The molecular formula is C20H22N2O4. The zero-order valence-corrected chi connectivity index (χ0v) is 14.7. The second-order valence-electron chi connectivity index (χ2n) is 6.50. The van der Waals surface area contributed by atoms with Crippen molar-refractivity contribution in [2.24, 2.45) is 0 Å². The molecule has 1 aromatic heterocycles. The molecule has 136 valence electrons. The smallest absolute Gasteiger partial charge is 0.268 e. The number of fused-ring (bicyclic) bond motifs is 1. The van der Waals surface area contributed by atoms with Gasteiger partial charge >= 0.3 is 0 Å². The number of aliphatic hydroxyl groups is 1. The Labute approximate surface area is 151 Å². The summed E-state index contributed by atoms with van der Waals surface area (Å²) < 4.78 is 1.49. The largest absolute Gasteiger partial charge is 0.396 e. The molecule has 0 spiro atoms. The van der Waals surface area contributed by atoms with E-state index in [1.807, 2.05) is 31.2 Å². The van der Waals surface area contributed by atoms with Crippen molar-refractivity contribution in [2.45, 2.75) is 32.6 Å². The monoisotopic (exact) mass is 354 g/mol. The van der Waals surface area contributed by atoms with Crippen molar-refractivity contribution in [3.05, 3.63) is 63.1 Å². The Morgan fingerprint density at radius 1 is 1.19 bits per heavy atom. The van der Waals surface area contributed by atoms with Crippen LogP contribution in [0, 0.1) is 6.92 Å². The number of hydrogen-bond donors (Lipinski definition) is 2. The molecule has 3 rings (SSSR count). The zero-order valence-electron chi connectivity index (χ0n) is 14.7. The number of carbonyl (C=O) groups is 2. The van der Waals surface area contributed by atoms with Crippen LogP contribution in [0.3, 0.4) is 0 Å². The quantitative estimate of drug-likeness (QED) is 0.801. The van der Waals surface area contributed by atoms with Crippen LogP contribution in [0.25, 0.3) is 5.69 Å². The molecule has 0 radical (unpaired) electrons. The van der Waals surface area contributed by atoms with E-state index in [0.29, 0.717) is 42.6 Å². The lowest BCUT2D eigenvalue weighted by Gasteiger charge is -2.21. The summed E-state index contributed by atoms with van der Waals surface area (Å²) in [5.74, 6) is -0.568. The molecular weight excluding hydrogens is 332 g/mol. The van der Waals surface area contributed by atoms with Crippen LogP contribution in [0.15, 0.2) is 35.1 Å². The van der Waals surface area contributed by atoms with E-state index in [2.05, 4.69) is 5.32 Å². The summed E-state index contributed by atoms with van der Waals surface area (Å²) in [6.07, 6.45) is 2.14. The van der Waals surface area contributed by atoms with Gasteiger partial charge in [-0.1, -0.05) is 17.7 Å². The lowest BCUT2D eigenvalue weighted by molar-refractivity contribution is 0.0949. The molecule has 26 heavy (non-hydrogen) atoms. The van der Waals surface area contributed by atoms with Gasteiger partial charge in [-0.3, -0.25) is 19.0 Å². The number of amides is 1. The van der Waals surface area contributed by atoms with Crippen LogP contribution in [0.1, 0.15) is 51.2 Å². The fraction of sp³-hybridized carbons (Fsp3) is 0.350. The maximum Gasteiger partial charge on any atom is 0.268 e. The number of pyridine rings is 1. The topological polar surface area (TPSA) is 88.4 Å². The van der Waals surface area contributed by atoms with E-state index in [1.165, 1.54) is 10.6 Å². The van der Waals surface area contributed by atoms with Crippen molar-refractivity contribution in [3.63, 3.8) is 0 Å². The minimum atomic E-state index is -0.523. The molecule has 1 aliphatic rings. The van der Waals surface area contributed by atoms with Crippen LogP contribution < -0.4 is 10.9 Å². The number of rotatable bonds is 5. The third-order valence-corrected chi connectivity index (χ3v) is 4.58. The normalized spacial score (nSPS) is 13.4. The van der Waals surface area contributed by atoms with Gasteiger partial charge in [0.05, 0.1) is 0 Å². The summed E-state index contributed by atoms with van der Waals surface area (Å²) in [6, 6.07) is 8.87. The summed E-state index contributed by atoms with van der Waals surface area (Å²) in [7, 11) is 0. The van der Waals surface area contributed by atoms with Crippen molar-refractivity contribution in [1.82, 2.24) is 9.88 Å². The molecule has 1 aromatic carbocycles. The van der Waals surface area contributed by atoms with Gasteiger partial charge in [-0.25, -0.2) is 0 Å². The number of aryl methyl sites for hydroxylation is 1. The molecule has 0 aliphatic heterocycles. The van der Waals surface area contributed by atoms with E-state index in [1.54, 1.807) is 0 Å². The molecule has 0 saturated heterocycles. The number of carbonyl (C=O) groups excluding carboxylic acids is 2. The van der Waals surface area contributed by atoms with E-state index in [-0.39, 0.29) is 24.5 Å². The number of benzene rings is 1. The molecule has 6 nitrogen and oxygen atoms in total. The Kier molecular flexibility index (Phi) is 5.32. The number of nitrogens with zero attached hydrogens (tertiary/aromatic N) is 1. The van der Waals surface area contributed by atoms with Crippen LogP contribution in [0.5, 0.6) is 0 Å². The Balaban J connectivity index is 2.15. The SMILES string of the molecule is Cc1ccc(-n2c3c(cc(C(=O)NCCCO)c2=O)C(=O)CCC3)cc1. The highest BCUT2D eigenvalue weighted by molar-refractivity contribution is 6.01. The Morgan fingerprint density at radius 3 is 2.62 bits per heavy atom. The van der Waals surface area contributed by atoms with Crippen LogP contribution in [0.4, 0.5) is 0 Å². The predicted molar refractivity (Wildman–Crippen MR) is 98.1 cm³/mol. The summed E-state index contributed by atoms with van der Waals surface area (Å²) in [4.78, 5) is 37.9. The van der Waals surface area contributed by atoms with Gasteiger partial charge < -0.3 is 10.4 Å². The molecule has 0 fully saturated rings. The molecule has 0 atom stereocenters. The number of ketones is 1. The third kappa shape index (κ3) is 3.46. The fourth-order valence-corrected chi connectivity index (χ4v) is 3.20. The van der Waals surface area contributed by atoms with Crippen molar-refractivity contribution >= 4 is 11.7 Å². The first-order valence-electron chi connectivity index (χ1n) is 8.81. The molecule has 0 saturated carbocycles. The highest BCUT2D eigenvalue weighted by atomic mass is 16.3. The van der Waals surface area contributed by atoms with Gasteiger partial charge in [0.25, 0.3) is 11.5 Å². The van der Waals surface area contributed by atoms with Crippen molar-refractivity contribution in [2.75, 3.05) is 13.2 Å². The molecule has 1 amide bonds. The Morgan fingerprint density at radius 2 is 1.92 bits per heavy atom. The van der Waals surface area contributed by atoms with Gasteiger partial charge in [-0.2, -0.15) is 0 Å². The molecule has 6 heteroatoms. The second-order valence-corrected chi connectivity index (χ2v) is 6.50. The van der Waals surface area contributed by atoms with Crippen LogP contribution >= 0.6 is 0 Å². The van der Waals surface area contributed by atoms with Crippen LogP contribution in [-0.2, 0) is 6.42 Å². The Hall–Kier alpha value is -2.73. The molecule has 1 aliphatic carbocycles. The molecule has 0 unspecified atom stereocenters. The predicted octanol–water partition coefficient (Wildman–Crippen LogP) is 1.78. The van der Waals surface area contributed by atoms with Gasteiger partial charge in [0.15, 0.2) is 5.78 Å². The van der Waals surface area contributed by atoms with Gasteiger partial charge in [0, 0.05) is 36.5 Å². The number of Topliss-reactive ketones (excluding diaryl/α,β-unsaturated/α-hetero) is 1. The number of aromatic nitrogens is 1. The van der Waals surface area contributed by atoms with E-state index in [4.69, 9.17) is 5.11 Å². The fourth-order valence-electron chi connectivity index (χ4n) is 3.20. The summed E-state index contributed by atoms with van der Waals surface area (Å²) in [5.41, 5.74) is 2.35. The number of hydrogen-bond acceptors (Lipinski definition) is 4. The second kappa shape index (κ2) is 7.66. The summed E-state index contributed by atoms with van der Waals surface area (Å²) in [5, 5.41) is 11.5. The molecule has 2 aromatic rings. The van der Waals surface area contributed by atoms with Gasteiger partial charge in [-0.05, 0) is 44.4 Å². The maximum absolute atomic E-state index is 13.0. The molecule has 2 N–H and O–H groups in total. The third-order valence-electron chi connectivity index (χ3n) is 4.58. The van der Waals surface area contributed by atoms with Crippen LogP contribution in [-0.4, -0.2) is 34.5 Å². The number of nitrogens with one attached hydrogen (secondary N) is 1. The first-order chi connectivity index (χ1) is 12.5. The van der Waals surface area contributed by atoms with Gasteiger partial charge in [0.1, 0.15) is 5.56 Å².